The number of carbonyl (C=O) groups is 1. The minimum Gasteiger partial charge on any atom is -0.379 e. The van der Waals surface area contributed by atoms with Crippen LogP contribution in [-0.2, 0) is 9.47 Å². The summed E-state index contributed by atoms with van der Waals surface area (Å²) >= 11 is 0. The number of ether oxygens (including phenoxy) is 2. The third-order valence-electron chi connectivity index (χ3n) is 6.03. The van der Waals surface area contributed by atoms with Crippen molar-refractivity contribution in [2.24, 2.45) is 0 Å². The van der Waals surface area contributed by atoms with E-state index < -0.39 is 0 Å². The monoisotopic (exact) mass is 418 g/mol. The molecule has 2 fully saturated rings. The van der Waals surface area contributed by atoms with Gasteiger partial charge in [-0.3, -0.25) is 19.7 Å². The van der Waals surface area contributed by atoms with Crippen LogP contribution in [0.2, 0.25) is 0 Å². The van der Waals surface area contributed by atoms with Gasteiger partial charge in [0.15, 0.2) is 0 Å². The molecule has 0 spiro atoms. The number of morpholine rings is 2. The van der Waals surface area contributed by atoms with Crippen LogP contribution in [0, 0.1) is 0 Å². The average Bonchev–Trinajstić information content (AvgIpc) is 2.84. The predicted octanol–water partition coefficient (Wildman–Crippen LogP) is 2.54. The van der Waals surface area contributed by atoms with E-state index in [9.17, 15) is 4.79 Å². The van der Waals surface area contributed by atoms with Crippen LogP contribution < -0.4 is 0 Å². The molecule has 1 aromatic carbocycles. The van der Waals surface area contributed by atoms with Crippen LogP contribution >= 0.6 is 0 Å². The van der Waals surface area contributed by atoms with E-state index in [1.165, 1.54) is 0 Å². The van der Waals surface area contributed by atoms with Gasteiger partial charge < -0.3 is 14.4 Å². The lowest BCUT2D eigenvalue weighted by Crippen LogP contribution is -2.53. The fourth-order valence-corrected chi connectivity index (χ4v) is 4.47. The molecule has 2 aromatic heterocycles. The van der Waals surface area contributed by atoms with Crippen molar-refractivity contribution in [1.29, 1.82) is 0 Å². The number of fused-ring (bicyclic) bond motifs is 1. The number of rotatable bonds is 4. The van der Waals surface area contributed by atoms with Gasteiger partial charge in [0.2, 0.25) is 0 Å². The fraction of sp³-hybridized carbons (Fsp3) is 0.375. The van der Waals surface area contributed by atoms with Crippen molar-refractivity contribution in [3.63, 3.8) is 0 Å². The standard InChI is InChI=1S/C24H26N4O3/c29-24(19-5-6-21-18(15-19)3-2-8-26-21)28-11-14-31-22(17-27-9-12-30-13-10-27)23(28)20-4-1-7-25-16-20/h1-8,15-16,22-23H,9-14,17H2/t22-,23-/m0/s1. The number of aromatic nitrogens is 2. The lowest BCUT2D eigenvalue weighted by molar-refractivity contribution is -0.0819. The van der Waals surface area contributed by atoms with E-state index >= 15 is 0 Å². The maximum Gasteiger partial charge on any atom is 0.254 e. The van der Waals surface area contributed by atoms with Crippen LogP contribution in [0.15, 0.2) is 61.1 Å². The van der Waals surface area contributed by atoms with Crippen molar-refractivity contribution < 1.29 is 14.3 Å². The Morgan fingerprint density at radius 2 is 1.90 bits per heavy atom. The van der Waals surface area contributed by atoms with Crippen molar-refractivity contribution in [2.75, 3.05) is 46.0 Å². The highest BCUT2D eigenvalue weighted by atomic mass is 16.5. The van der Waals surface area contributed by atoms with Crippen LogP contribution in [-0.4, -0.2) is 77.8 Å². The second-order valence-corrected chi connectivity index (χ2v) is 7.96. The molecule has 1 amide bonds. The van der Waals surface area contributed by atoms with Crippen molar-refractivity contribution in [1.82, 2.24) is 19.8 Å². The molecule has 0 saturated carbocycles. The second kappa shape index (κ2) is 9.09. The van der Waals surface area contributed by atoms with Gasteiger partial charge in [0.1, 0.15) is 0 Å². The van der Waals surface area contributed by atoms with Gasteiger partial charge in [-0.15, -0.1) is 0 Å². The maximum atomic E-state index is 13.7. The molecule has 3 aromatic rings. The molecule has 5 rings (SSSR count). The molecule has 0 unspecified atom stereocenters. The predicted molar refractivity (Wildman–Crippen MR) is 117 cm³/mol. The molecule has 4 heterocycles. The number of hydrogen-bond acceptors (Lipinski definition) is 6. The van der Waals surface area contributed by atoms with Gasteiger partial charge in [0.05, 0.1) is 37.5 Å². The van der Waals surface area contributed by atoms with Crippen molar-refractivity contribution in [3.8, 4) is 0 Å². The van der Waals surface area contributed by atoms with Gasteiger partial charge in [-0.25, -0.2) is 0 Å². The minimum absolute atomic E-state index is 0.00915. The number of hydrogen-bond donors (Lipinski definition) is 0. The third-order valence-corrected chi connectivity index (χ3v) is 6.03. The Labute approximate surface area is 181 Å². The summed E-state index contributed by atoms with van der Waals surface area (Å²) in [5.74, 6) is 0.00915. The SMILES string of the molecule is O=C(c1ccc2ncccc2c1)N1CCO[C@@H](CN2CCOCC2)[C@@H]1c1cccnc1. The number of amides is 1. The van der Waals surface area contributed by atoms with E-state index in [2.05, 4.69) is 14.9 Å². The van der Waals surface area contributed by atoms with E-state index in [4.69, 9.17) is 9.47 Å². The first-order valence-corrected chi connectivity index (χ1v) is 10.8. The van der Waals surface area contributed by atoms with E-state index in [1.807, 2.05) is 53.6 Å². The fourth-order valence-electron chi connectivity index (χ4n) is 4.47. The number of benzene rings is 1. The summed E-state index contributed by atoms with van der Waals surface area (Å²) in [5, 5.41) is 0.962. The normalized spacial score (nSPS) is 22.5. The van der Waals surface area contributed by atoms with Gasteiger partial charge in [-0.1, -0.05) is 12.1 Å². The maximum absolute atomic E-state index is 13.7. The molecule has 7 heteroatoms. The summed E-state index contributed by atoms with van der Waals surface area (Å²) in [7, 11) is 0. The van der Waals surface area contributed by atoms with Crippen LogP contribution in [0.3, 0.4) is 0 Å². The molecular formula is C24H26N4O3. The summed E-state index contributed by atoms with van der Waals surface area (Å²) in [6.45, 7) is 5.05. The zero-order valence-corrected chi connectivity index (χ0v) is 17.4. The average molecular weight is 418 g/mol. The summed E-state index contributed by atoms with van der Waals surface area (Å²) in [4.78, 5) is 26.6. The zero-order chi connectivity index (χ0) is 21.0. The summed E-state index contributed by atoms with van der Waals surface area (Å²) in [5.41, 5.74) is 2.55. The van der Waals surface area contributed by atoms with Crippen LogP contribution in [0.25, 0.3) is 10.9 Å². The minimum atomic E-state index is -0.192. The Morgan fingerprint density at radius 1 is 1.03 bits per heavy atom. The van der Waals surface area contributed by atoms with Gasteiger partial charge in [0.25, 0.3) is 5.91 Å². The molecule has 0 N–H and O–H groups in total. The van der Waals surface area contributed by atoms with Gasteiger partial charge in [-0.05, 0) is 35.9 Å². The van der Waals surface area contributed by atoms with E-state index in [-0.39, 0.29) is 18.1 Å². The highest BCUT2D eigenvalue weighted by molar-refractivity contribution is 5.98. The van der Waals surface area contributed by atoms with E-state index in [0.717, 1.165) is 49.3 Å². The summed E-state index contributed by atoms with van der Waals surface area (Å²) in [6, 6.07) is 13.3. The van der Waals surface area contributed by atoms with Crippen LogP contribution in [0.4, 0.5) is 0 Å². The van der Waals surface area contributed by atoms with E-state index in [0.29, 0.717) is 18.7 Å². The first-order chi connectivity index (χ1) is 15.3. The van der Waals surface area contributed by atoms with Crippen molar-refractivity contribution in [2.45, 2.75) is 12.1 Å². The van der Waals surface area contributed by atoms with Gasteiger partial charge in [-0.2, -0.15) is 0 Å². The lowest BCUT2D eigenvalue weighted by Gasteiger charge is -2.43. The Hall–Kier alpha value is -2.87. The third kappa shape index (κ3) is 4.30. The molecule has 0 aliphatic carbocycles. The Balaban J connectivity index is 1.46. The molecule has 160 valence electrons. The zero-order valence-electron chi connectivity index (χ0n) is 17.4. The van der Waals surface area contributed by atoms with Crippen molar-refractivity contribution >= 4 is 16.8 Å². The topological polar surface area (TPSA) is 67.8 Å². The molecule has 31 heavy (non-hydrogen) atoms. The first-order valence-electron chi connectivity index (χ1n) is 10.8. The number of pyridine rings is 2. The molecule has 0 radical (unpaired) electrons. The number of carbonyl (C=O) groups excluding carboxylic acids is 1. The molecule has 2 saturated heterocycles. The smallest absolute Gasteiger partial charge is 0.254 e. The number of nitrogens with zero attached hydrogens (tertiary/aromatic N) is 4. The quantitative estimate of drug-likeness (QED) is 0.649. The first kappa shape index (κ1) is 20.1. The largest absolute Gasteiger partial charge is 0.379 e. The van der Waals surface area contributed by atoms with Gasteiger partial charge in [0, 0.05) is 55.7 Å². The highest BCUT2D eigenvalue weighted by Gasteiger charge is 2.38. The molecule has 7 nitrogen and oxygen atoms in total. The Morgan fingerprint density at radius 3 is 2.74 bits per heavy atom. The Bertz CT molecular complexity index is 1040. The van der Waals surface area contributed by atoms with Crippen LogP contribution in [0.1, 0.15) is 22.0 Å². The summed E-state index contributed by atoms with van der Waals surface area (Å²) in [6.07, 6.45) is 5.24. The van der Waals surface area contributed by atoms with Crippen LogP contribution in [0.5, 0.6) is 0 Å². The Kier molecular flexibility index (Phi) is 5.88. The highest BCUT2D eigenvalue weighted by Crippen LogP contribution is 2.32. The lowest BCUT2D eigenvalue weighted by atomic mass is 9.97. The molecule has 2 atom stereocenters. The molecular weight excluding hydrogens is 392 g/mol. The molecule has 2 aliphatic heterocycles. The van der Waals surface area contributed by atoms with E-state index in [1.54, 1.807) is 12.4 Å². The second-order valence-electron chi connectivity index (χ2n) is 7.96. The summed E-state index contributed by atoms with van der Waals surface area (Å²) < 4.78 is 11.7. The molecule has 0 bridgehead atoms. The van der Waals surface area contributed by atoms with Gasteiger partial charge >= 0.3 is 0 Å². The van der Waals surface area contributed by atoms with Crippen molar-refractivity contribution in [3.05, 3.63) is 72.2 Å². The molecule has 2 aliphatic rings.